The number of benzene rings is 1. The summed E-state index contributed by atoms with van der Waals surface area (Å²) in [5.41, 5.74) is -1.76. The van der Waals surface area contributed by atoms with Gasteiger partial charge in [-0.1, -0.05) is 6.07 Å². The van der Waals surface area contributed by atoms with E-state index in [1.165, 1.54) is 6.07 Å². The smallest absolute Gasteiger partial charge is 0.419 e. The molecule has 4 nitrogen and oxygen atoms in total. The second kappa shape index (κ2) is 7.11. The first kappa shape index (κ1) is 21.4. The normalized spacial score (nSPS) is 21.5. The summed E-state index contributed by atoms with van der Waals surface area (Å²) in [5, 5.41) is 0. The molecule has 0 aromatic heterocycles. The molecule has 0 bridgehead atoms. The summed E-state index contributed by atoms with van der Waals surface area (Å²) in [6, 6.07) is 3.47. The van der Waals surface area contributed by atoms with Gasteiger partial charge in [-0.15, -0.1) is 0 Å². The largest absolute Gasteiger partial charge is 0.444 e. The average Bonchev–Trinajstić information content (AvgIpc) is 3.45. The molecule has 1 aromatic carbocycles. The van der Waals surface area contributed by atoms with E-state index in [4.69, 9.17) is 4.74 Å². The molecule has 1 saturated heterocycles. The molecule has 30 heavy (non-hydrogen) atoms. The summed E-state index contributed by atoms with van der Waals surface area (Å²) >= 11 is 0. The summed E-state index contributed by atoms with van der Waals surface area (Å²) in [7, 11) is 0. The van der Waals surface area contributed by atoms with Crippen LogP contribution < -0.4 is 0 Å². The summed E-state index contributed by atoms with van der Waals surface area (Å²) in [5.74, 6) is -0.698. The van der Waals surface area contributed by atoms with Crippen molar-refractivity contribution < 1.29 is 27.1 Å². The highest BCUT2D eigenvalue weighted by Gasteiger charge is 2.55. The summed E-state index contributed by atoms with van der Waals surface area (Å²) in [4.78, 5) is 16.2. The van der Waals surface area contributed by atoms with Crippen molar-refractivity contribution in [2.45, 2.75) is 69.8 Å². The van der Waals surface area contributed by atoms with Crippen LogP contribution in [0.2, 0.25) is 0 Å². The molecule has 1 aliphatic heterocycles. The van der Waals surface area contributed by atoms with Gasteiger partial charge in [0.1, 0.15) is 11.4 Å². The average molecular weight is 428 g/mol. The van der Waals surface area contributed by atoms with Crippen LogP contribution >= 0.6 is 0 Å². The van der Waals surface area contributed by atoms with Crippen molar-refractivity contribution in [2.24, 2.45) is 5.92 Å². The van der Waals surface area contributed by atoms with Crippen LogP contribution in [0.3, 0.4) is 0 Å². The highest BCUT2D eigenvalue weighted by Crippen LogP contribution is 2.54. The highest BCUT2D eigenvalue weighted by molar-refractivity contribution is 5.69. The third kappa shape index (κ3) is 4.29. The fraction of sp³-hybridized carbons (Fsp3) is 0.682. The van der Waals surface area contributed by atoms with Crippen molar-refractivity contribution in [2.75, 3.05) is 19.6 Å². The second-order valence-corrected chi connectivity index (χ2v) is 9.86. The van der Waals surface area contributed by atoms with E-state index >= 15 is 0 Å². The lowest BCUT2D eigenvalue weighted by Gasteiger charge is -2.49. The maximum Gasteiger partial charge on any atom is 0.419 e. The lowest BCUT2D eigenvalue weighted by molar-refractivity contribution is -0.140. The Morgan fingerprint density at radius 1 is 1.20 bits per heavy atom. The Bertz CT molecular complexity index is 819. The van der Waals surface area contributed by atoms with Gasteiger partial charge in [0.05, 0.1) is 5.56 Å². The first-order chi connectivity index (χ1) is 13.9. The van der Waals surface area contributed by atoms with Gasteiger partial charge in [0, 0.05) is 31.2 Å². The van der Waals surface area contributed by atoms with Gasteiger partial charge < -0.3 is 9.64 Å². The molecule has 0 atom stereocenters. The fourth-order valence-electron chi connectivity index (χ4n) is 4.27. The molecular weight excluding hydrogens is 400 g/mol. The standard InChI is InChI=1S/C22H28F4N2O2/c1-20(2,3)30-19(29)27-12-16(13-27)28(11-14-4-5-14)21(8-9-21)15-6-7-18(23)17(10-15)22(24,25)26/h6-7,10,14,16H,4-5,8-9,11-13H2,1-3H3. The van der Waals surface area contributed by atoms with Crippen LogP contribution in [0.1, 0.15) is 57.6 Å². The minimum Gasteiger partial charge on any atom is -0.444 e. The van der Waals surface area contributed by atoms with Crippen molar-refractivity contribution in [3.8, 4) is 0 Å². The third-order valence-corrected chi connectivity index (χ3v) is 6.19. The number of hydrogen-bond donors (Lipinski definition) is 0. The number of rotatable bonds is 5. The molecule has 166 valence electrons. The van der Waals surface area contributed by atoms with Gasteiger partial charge in [0.15, 0.2) is 0 Å². The van der Waals surface area contributed by atoms with E-state index in [0.29, 0.717) is 24.6 Å². The van der Waals surface area contributed by atoms with Crippen LogP contribution in [0, 0.1) is 11.7 Å². The zero-order valence-corrected chi connectivity index (χ0v) is 17.6. The van der Waals surface area contributed by atoms with E-state index in [0.717, 1.165) is 44.4 Å². The van der Waals surface area contributed by atoms with E-state index in [9.17, 15) is 22.4 Å². The van der Waals surface area contributed by atoms with E-state index < -0.39 is 28.7 Å². The molecule has 2 saturated carbocycles. The Morgan fingerprint density at radius 3 is 2.33 bits per heavy atom. The molecule has 1 aromatic rings. The highest BCUT2D eigenvalue weighted by atomic mass is 19.4. The van der Waals surface area contributed by atoms with E-state index in [2.05, 4.69) is 4.90 Å². The van der Waals surface area contributed by atoms with E-state index in [1.807, 2.05) is 20.8 Å². The number of nitrogens with zero attached hydrogens (tertiary/aromatic N) is 2. The number of carbonyl (C=O) groups is 1. The van der Waals surface area contributed by atoms with Crippen molar-refractivity contribution in [1.29, 1.82) is 0 Å². The quantitative estimate of drug-likeness (QED) is 0.607. The zero-order chi connectivity index (χ0) is 21.9. The van der Waals surface area contributed by atoms with Crippen LogP contribution in [0.4, 0.5) is 22.4 Å². The topological polar surface area (TPSA) is 32.8 Å². The van der Waals surface area contributed by atoms with E-state index in [-0.39, 0.29) is 12.1 Å². The first-order valence-corrected chi connectivity index (χ1v) is 10.5. The van der Waals surface area contributed by atoms with Gasteiger partial charge in [-0.3, -0.25) is 4.90 Å². The number of alkyl halides is 3. The molecule has 3 aliphatic rings. The molecule has 4 rings (SSSR count). The Kier molecular flexibility index (Phi) is 5.07. The van der Waals surface area contributed by atoms with Crippen LogP contribution in [0.15, 0.2) is 18.2 Å². The van der Waals surface area contributed by atoms with Gasteiger partial charge in [-0.2, -0.15) is 13.2 Å². The Hall–Kier alpha value is -1.83. The van der Waals surface area contributed by atoms with Gasteiger partial charge in [0.2, 0.25) is 0 Å². The number of likely N-dealkylation sites (tertiary alicyclic amines) is 1. The molecular formula is C22H28F4N2O2. The molecule has 0 radical (unpaired) electrons. The molecule has 0 N–H and O–H groups in total. The van der Waals surface area contributed by atoms with Crippen molar-refractivity contribution >= 4 is 6.09 Å². The molecule has 8 heteroatoms. The SMILES string of the molecule is CC(C)(C)OC(=O)N1CC(N(CC2CC2)C2(c3ccc(F)c(C(F)(F)F)c3)CC2)C1. The molecule has 1 amide bonds. The maximum atomic E-state index is 13.8. The minimum atomic E-state index is -4.72. The lowest BCUT2D eigenvalue weighted by Crippen LogP contribution is -2.64. The van der Waals surface area contributed by atoms with Gasteiger partial charge in [-0.25, -0.2) is 9.18 Å². The lowest BCUT2D eigenvalue weighted by atomic mass is 9.95. The third-order valence-electron chi connectivity index (χ3n) is 6.19. The Labute approximate surface area is 174 Å². The number of ether oxygens (including phenoxy) is 1. The Balaban J connectivity index is 1.53. The first-order valence-electron chi connectivity index (χ1n) is 10.5. The second-order valence-electron chi connectivity index (χ2n) is 9.86. The van der Waals surface area contributed by atoms with Crippen LogP contribution in [-0.2, 0) is 16.5 Å². The Morgan fingerprint density at radius 2 is 1.83 bits per heavy atom. The van der Waals surface area contributed by atoms with E-state index in [1.54, 1.807) is 4.90 Å². The fourth-order valence-corrected chi connectivity index (χ4v) is 4.27. The predicted molar refractivity (Wildman–Crippen MR) is 103 cm³/mol. The number of amides is 1. The molecule has 0 unspecified atom stereocenters. The summed E-state index contributed by atoms with van der Waals surface area (Å²) < 4.78 is 59.0. The molecule has 3 fully saturated rings. The molecule has 1 heterocycles. The molecule has 0 spiro atoms. The summed E-state index contributed by atoms with van der Waals surface area (Å²) in [6.45, 7) is 7.23. The zero-order valence-electron chi connectivity index (χ0n) is 17.6. The van der Waals surface area contributed by atoms with Crippen molar-refractivity contribution in [3.05, 3.63) is 35.1 Å². The van der Waals surface area contributed by atoms with Crippen molar-refractivity contribution in [3.63, 3.8) is 0 Å². The van der Waals surface area contributed by atoms with Crippen LogP contribution in [0.25, 0.3) is 0 Å². The van der Waals surface area contributed by atoms with Crippen LogP contribution in [-0.4, -0.2) is 47.2 Å². The summed E-state index contributed by atoms with van der Waals surface area (Å²) in [6.07, 6.45) is -1.37. The van der Waals surface area contributed by atoms with Crippen LogP contribution in [0.5, 0.6) is 0 Å². The molecule has 2 aliphatic carbocycles. The number of carbonyl (C=O) groups excluding carboxylic acids is 1. The predicted octanol–water partition coefficient (Wildman–Crippen LogP) is 5.16. The van der Waals surface area contributed by atoms with Gasteiger partial charge >= 0.3 is 12.3 Å². The van der Waals surface area contributed by atoms with Crippen molar-refractivity contribution in [1.82, 2.24) is 9.80 Å². The number of hydrogen-bond acceptors (Lipinski definition) is 3. The maximum absolute atomic E-state index is 13.8. The monoisotopic (exact) mass is 428 g/mol. The van der Waals surface area contributed by atoms with Gasteiger partial charge in [0.25, 0.3) is 0 Å². The van der Waals surface area contributed by atoms with Gasteiger partial charge in [-0.05, 0) is 70.1 Å². The number of halogens is 4. The minimum absolute atomic E-state index is 0.0695.